The Kier molecular flexibility index (Phi) is 6.39. The maximum Gasteiger partial charge on any atom is 0.220 e. The Morgan fingerprint density at radius 3 is 2.67 bits per heavy atom. The smallest absolute Gasteiger partial charge is 0.220 e. The number of hydrogen-bond acceptors (Lipinski definition) is 2. The van der Waals surface area contributed by atoms with E-state index in [2.05, 4.69) is 34.0 Å². The molecule has 1 rings (SSSR count). The van der Waals surface area contributed by atoms with Crippen molar-refractivity contribution in [1.82, 2.24) is 10.2 Å². The van der Waals surface area contributed by atoms with E-state index in [1.165, 1.54) is 0 Å². The molecule has 0 aromatic carbocycles. The standard InChI is InChI=1S/C7H14N4.K/c1-6(2)11-4-9-7(8-3)10-5-11;/h4,6H,5H2,1-3H3,(H,8,10);. The first-order chi connectivity index (χ1) is 5.24. The van der Waals surface area contributed by atoms with E-state index in [9.17, 15) is 0 Å². The van der Waals surface area contributed by atoms with Gasteiger partial charge in [0.1, 0.15) is 0 Å². The van der Waals surface area contributed by atoms with Gasteiger partial charge in [-0.05, 0) is 13.8 Å². The van der Waals surface area contributed by atoms with Crippen LogP contribution in [0.5, 0.6) is 0 Å². The first kappa shape index (κ1) is 12.6. The van der Waals surface area contributed by atoms with Crippen molar-refractivity contribution < 1.29 is 0 Å². The second kappa shape index (κ2) is 6.09. The summed E-state index contributed by atoms with van der Waals surface area (Å²) in [6.07, 6.45) is 1.82. The quantitative estimate of drug-likeness (QED) is 0.590. The van der Waals surface area contributed by atoms with Crippen molar-refractivity contribution in [2.45, 2.75) is 19.9 Å². The molecule has 0 amide bonds. The van der Waals surface area contributed by atoms with E-state index in [-0.39, 0.29) is 51.4 Å². The van der Waals surface area contributed by atoms with Crippen LogP contribution in [-0.4, -0.2) is 88.3 Å². The molecule has 1 N–H and O–H groups in total. The van der Waals surface area contributed by atoms with Gasteiger partial charge in [-0.1, -0.05) is 0 Å². The van der Waals surface area contributed by atoms with Crippen LogP contribution >= 0.6 is 0 Å². The molecule has 0 bridgehead atoms. The number of hydrogen-bond donors (Lipinski definition) is 1. The van der Waals surface area contributed by atoms with Crippen molar-refractivity contribution in [2.24, 2.45) is 9.98 Å². The second-order valence-corrected chi connectivity index (χ2v) is 2.73. The SMILES string of the molecule is CN=C1N=CN(C(C)C)CN1.[K]. The van der Waals surface area contributed by atoms with Crippen LogP contribution in [-0.2, 0) is 0 Å². The summed E-state index contributed by atoms with van der Waals surface area (Å²) in [5, 5.41) is 3.08. The molecule has 0 saturated carbocycles. The summed E-state index contributed by atoms with van der Waals surface area (Å²) >= 11 is 0. The van der Waals surface area contributed by atoms with E-state index in [1.54, 1.807) is 7.05 Å². The van der Waals surface area contributed by atoms with Crippen LogP contribution in [0.15, 0.2) is 9.98 Å². The summed E-state index contributed by atoms with van der Waals surface area (Å²) in [5.41, 5.74) is 0. The third kappa shape index (κ3) is 3.53. The Bertz CT molecular complexity index is 188. The third-order valence-corrected chi connectivity index (χ3v) is 1.62. The Hall–Kier alpha value is 0.576. The Balaban J connectivity index is 0.00000121. The Morgan fingerprint density at radius 1 is 1.67 bits per heavy atom. The monoisotopic (exact) mass is 193 g/mol. The fourth-order valence-electron chi connectivity index (χ4n) is 0.830. The first-order valence-electron chi connectivity index (χ1n) is 3.74. The zero-order valence-corrected chi connectivity index (χ0v) is 11.3. The van der Waals surface area contributed by atoms with Crippen LogP contribution in [0.25, 0.3) is 0 Å². The van der Waals surface area contributed by atoms with Gasteiger partial charge >= 0.3 is 0 Å². The van der Waals surface area contributed by atoms with Crippen molar-refractivity contribution >= 4 is 63.7 Å². The van der Waals surface area contributed by atoms with Gasteiger partial charge in [0.05, 0.1) is 13.0 Å². The molecule has 0 aliphatic carbocycles. The molecule has 0 fully saturated rings. The van der Waals surface area contributed by atoms with Gasteiger partial charge in [-0.2, -0.15) is 0 Å². The van der Waals surface area contributed by atoms with E-state index in [4.69, 9.17) is 0 Å². The van der Waals surface area contributed by atoms with Crippen LogP contribution in [0.1, 0.15) is 13.8 Å². The van der Waals surface area contributed by atoms with Crippen molar-refractivity contribution in [2.75, 3.05) is 13.7 Å². The average Bonchev–Trinajstić information content (AvgIpc) is 2.05. The van der Waals surface area contributed by atoms with Gasteiger partial charge in [0, 0.05) is 64.5 Å². The van der Waals surface area contributed by atoms with Gasteiger partial charge in [-0.25, -0.2) is 4.99 Å². The topological polar surface area (TPSA) is 40.0 Å². The minimum atomic E-state index is 0. The zero-order valence-electron chi connectivity index (χ0n) is 8.20. The van der Waals surface area contributed by atoms with E-state index in [1.807, 2.05) is 6.34 Å². The molecule has 1 aliphatic rings. The molecule has 1 heterocycles. The molecule has 1 aliphatic heterocycles. The molecular formula is C7H14KN4. The minimum absolute atomic E-state index is 0. The number of guanidine groups is 1. The Morgan fingerprint density at radius 2 is 2.33 bits per heavy atom. The maximum atomic E-state index is 4.09. The normalized spacial score (nSPS) is 19.3. The summed E-state index contributed by atoms with van der Waals surface area (Å²) in [6.45, 7) is 5.05. The van der Waals surface area contributed by atoms with Gasteiger partial charge in [0.15, 0.2) is 0 Å². The molecule has 0 saturated heterocycles. The predicted molar refractivity (Wildman–Crippen MR) is 52.6 cm³/mol. The molecule has 0 aromatic heterocycles. The van der Waals surface area contributed by atoms with E-state index >= 15 is 0 Å². The third-order valence-electron chi connectivity index (χ3n) is 1.62. The van der Waals surface area contributed by atoms with Crippen molar-refractivity contribution in [3.8, 4) is 0 Å². The van der Waals surface area contributed by atoms with Gasteiger partial charge in [-0.3, -0.25) is 4.99 Å². The molecule has 4 nitrogen and oxygen atoms in total. The molecule has 0 spiro atoms. The number of rotatable bonds is 1. The molecule has 0 unspecified atom stereocenters. The predicted octanol–water partition coefficient (Wildman–Crippen LogP) is -0.109. The van der Waals surface area contributed by atoms with Gasteiger partial charge < -0.3 is 10.2 Å². The molecule has 12 heavy (non-hydrogen) atoms. The van der Waals surface area contributed by atoms with E-state index < -0.39 is 0 Å². The van der Waals surface area contributed by atoms with Crippen molar-refractivity contribution in [3.63, 3.8) is 0 Å². The molecule has 5 heteroatoms. The summed E-state index contributed by atoms with van der Waals surface area (Å²) in [4.78, 5) is 10.1. The largest absolute Gasteiger partial charge is 0.342 e. The molecule has 1 radical (unpaired) electrons. The van der Waals surface area contributed by atoms with E-state index in [0.717, 1.165) is 6.67 Å². The molecule has 0 aromatic rings. The summed E-state index contributed by atoms with van der Waals surface area (Å²) in [5.74, 6) is 0.710. The first-order valence-corrected chi connectivity index (χ1v) is 3.74. The number of nitrogens with one attached hydrogen (secondary N) is 1. The van der Waals surface area contributed by atoms with Crippen LogP contribution in [0.2, 0.25) is 0 Å². The molecular weight excluding hydrogens is 179 g/mol. The fraction of sp³-hybridized carbons (Fsp3) is 0.714. The Labute approximate surface area is 116 Å². The minimum Gasteiger partial charge on any atom is -0.342 e. The second-order valence-electron chi connectivity index (χ2n) is 2.73. The number of nitrogens with zero attached hydrogens (tertiary/aromatic N) is 3. The van der Waals surface area contributed by atoms with Gasteiger partial charge in [0.2, 0.25) is 5.96 Å². The summed E-state index contributed by atoms with van der Waals surface area (Å²) < 4.78 is 0. The molecule has 0 atom stereocenters. The summed E-state index contributed by atoms with van der Waals surface area (Å²) in [6, 6.07) is 0.490. The maximum absolute atomic E-state index is 4.09. The van der Waals surface area contributed by atoms with Crippen LogP contribution in [0.3, 0.4) is 0 Å². The zero-order chi connectivity index (χ0) is 8.27. The van der Waals surface area contributed by atoms with E-state index in [0.29, 0.717) is 12.0 Å². The average molecular weight is 193 g/mol. The van der Waals surface area contributed by atoms with Gasteiger partial charge in [0.25, 0.3) is 0 Å². The van der Waals surface area contributed by atoms with Crippen molar-refractivity contribution in [1.29, 1.82) is 0 Å². The van der Waals surface area contributed by atoms with Crippen LogP contribution in [0, 0.1) is 0 Å². The number of aliphatic imine (C=N–C) groups is 2. The van der Waals surface area contributed by atoms with Crippen LogP contribution < -0.4 is 5.32 Å². The van der Waals surface area contributed by atoms with Crippen LogP contribution in [0.4, 0.5) is 0 Å². The molecule has 63 valence electrons. The summed E-state index contributed by atoms with van der Waals surface area (Å²) in [7, 11) is 1.73. The fourth-order valence-corrected chi connectivity index (χ4v) is 0.830. The van der Waals surface area contributed by atoms with Crippen molar-refractivity contribution in [3.05, 3.63) is 0 Å². The van der Waals surface area contributed by atoms with Gasteiger partial charge in [-0.15, -0.1) is 0 Å².